The summed E-state index contributed by atoms with van der Waals surface area (Å²) in [5.74, 6) is -0.402. The summed E-state index contributed by atoms with van der Waals surface area (Å²) in [5, 5.41) is 7.80. The number of pyridine rings is 2. The summed E-state index contributed by atoms with van der Waals surface area (Å²) < 4.78 is 38.9. The lowest BCUT2D eigenvalue weighted by Gasteiger charge is -2.21. The Kier molecular flexibility index (Phi) is 6.08. The summed E-state index contributed by atoms with van der Waals surface area (Å²) in [6.07, 6.45) is 0.593. The molecule has 0 spiro atoms. The molecule has 31 heavy (non-hydrogen) atoms. The van der Waals surface area contributed by atoms with E-state index in [0.717, 1.165) is 12.8 Å². The van der Waals surface area contributed by atoms with Crippen LogP contribution < -0.4 is 10.1 Å². The lowest BCUT2D eigenvalue weighted by atomic mass is 10.1. The number of halogens is 2. The molecule has 3 aromatic heterocycles. The number of carbonyl (C=O) groups excluding carboxylic acids is 1. The van der Waals surface area contributed by atoms with E-state index in [2.05, 4.69) is 20.4 Å². The van der Waals surface area contributed by atoms with Gasteiger partial charge < -0.3 is 14.8 Å². The highest BCUT2D eigenvalue weighted by atomic mass is 19.3. The number of hydrogen-bond donors (Lipinski definition) is 1. The van der Waals surface area contributed by atoms with E-state index in [9.17, 15) is 13.6 Å². The van der Waals surface area contributed by atoms with Gasteiger partial charge in [-0.15, -0.1) is 0 Å². The van der Waals surface area contributed by atoms with Crippen molar-refractivity contribution in [1.82, 2.24) is 19.7 Å². The van der Waals surface area contributed by atoms with Gasteiger partial charge in [-0.05, 0) is 44.9 Å². The highest BCUT2D eigenvalue weighted by Gasteiger charge is 2.22. The van der Waals surface area contributed by atoms with Gasteiger partial charge in [0.15, 0.2) is 5.65 Å². The maximum atomic E-state index is 12.9. The third kappa shape index (κ3) is 4.79. The number of carbonyl (C=O) groups is 1. The third-order valence-corrected chi connectivity index (χ3v) is 4.87. The molecule has 0 aromatic carbocycles. The number of amides is 1. The normalized spacial score (nSPS) is 15.0. The van der Waals surface area contributed by atoms with Crippen molar-refractivity contribution in [2.75, 3.05) is 18.5 Å². The molecule has 1 fully saturated rings. The first-order valence-electron chi connectivity index (χ1n) is 10.1. The SMILES string of the molecule is CC(C)Oc1nc2nn(C3CCOCC3)cc2cc1C(=O)Nc1cccc(C(F)F)n1. The van der Waals surface area contributed by atoms with Gasteiger partial charge in [0.1, 0.15) is 17.1 Å². The van der Waals surface area contributed by atoms with E-state index in [-0.39, 0.29) is 29.4 Å². The van der Waals surface area contributed by atoms with Crippen molar-refractivity contribution in [2.45, 2.75) is 45.3 Å². The first kappa shape index (κ1) is 21.1. The average Bonchev–Trinajstić information content (AvgIpc) is 3.16. The number of nitrogens with one attached hydrogen (secondary N) is 1. The number of hydrogen-bond acceptors (Lipinski definition) is 6. The lowest BCUT2D eigenvalue weighted by Crippen LogP contribution is -2.19. The number of fused-ring (bicyclic) bond motifs is 1. The van der Waals surface area contributed by atoms with Gasteiger partial charge >= 0.3 is 0 Å². The predicted molar refractivity (Wildman–Crippen MR) is 110 cm³/mol. The second kappa shape index (κ2) is 8.93. The van der Waals surface area contributed by atoms with E-state index in [1.54, 1.807) is 6.07 Å². The summed E-state index contributed by atoms with van der Waals surface area (Å²) in [7, 11) is 0. The number of aromatic nitrogens is 4. The molecule has 8 nitrogen and oxygen atoms in total. The number of nitrogens with zero attached hydrogens (tertiary/aromatic N) is 4. The van der Waals surface area contributed by atoms with Crippen LogP contribution in [-0.4, -0.2) is 45.0 Å². The summed E-state index contributed by atoms with van der Waals surface area (Å²) in [6, 6.07) is 5.91. The summed E-state index contributed by atoms with van der Waals surface area (Å²) in [4.78, 5) is 21.2. The van der Waals surface area contributed by atoms with Crippen LogP contribution in [0.2, 0.25) is 0 Å². The van der Waals surface area contributed by atoms with Crippen LogP contribution in [0.25, 0.3) is 11.0 Å². The van der Waals surface area contributed by atoms with Crippen LogP contribution in [0.4, 0.5) is 14.6 Å². The first-order chi connectivity index (χ1) is 14.9. The zero-order chi connectivity index (χ0) is 22.0. The monoisotopic (exact) mass is 431 g/mol. The molecular formula is C21H23F2N5O3. The second-order valence-corrected chi connectivity index (χ2v) is 7.58. The standard InChI is InChI=1S/C21H23F2N5O3/c1-12(2)31-21-15(20(29)25-17-5-3-4-16(24-17)18(22)23)10-13-11-28(27-19(13)26-21)14-6-8-30-9-7-14/h3-5,10-12,14,18H,6-9H2,1-2H3,(H,24,25,29). The molecule has 0 bridgehead atoms. The Morgan fingerprint density at radius 2 is 2.03 bits per heavy atom. The smallest absolute Gasteiger partial charge is 0.280 e. The van der Waals surface area contributed by atoms with E-state index >= 15 is 0 Å². The number of alkyl halides is 2. The Balaban J connectivity index is 1.67. The third-order valence-electron chi connectivity index (χ3n) is 4.87. The number of ether oxygens (including phenoxy) is 2. The van der Waals surface area contributed by atoms with Crippen LogP contribution >= 0.6 is 0 Å². The first-order valence-corrected chi connectivity index (χ1v) is 10.1. The molecule has 1 N–H and O–H groups in total. The van der Waals surface area contributed by atoms with Gasteiger partial charge in [-0.25, -0.2) is 13.8 Å². The molecule has 0 radical (unpaired) electrons. The van der Waals surface area contributed by atoms with Crippen LogP contribution in [0, 0.1) is 0 Å². The zero-order valence-electron chi connectivity index (χ0n) is 17.2. The molecule has 3 aromatic rings. The Bertz CT molecular complexity index is 1080. The minimum absolute atomic E-state index is 0.0243. The fourth-order valence-corrected chi connectivity index (χ4v) is 3.40. The van der Waals surface area contributed by atoms with Gasteiger partial charge in [0.25, 0.3) is 12.3 Å². The second-order valence-electron chi connectivity index (χ2n) is 7.58. The van der Waals surface area contributed by atoms with Crippen molar-refractivity contribution in [3.05, 3.63) is 41.7 Å². The van der Waals surface area contributed by atoms with Crippen molar-refractivity contribution in [3.8, 4) is 5.88 Å². The van der Waals surface area contributed by atoms with Crippen molar-refractivity contribution in [2.24, 2.45) is 0 Å². The lowest BCUT2D eigenvalue weighted by molar-refractivity contribution is 0.0664. The highest BCUT2D eigenvalue weighted by Crippen LogP contribution is 2.27. The maximum Gasteiger partial charge on any atom is 0.280 e. The van der Waals surface area contributed by atoms with Gasteiger partial charge in [0.2, 0.25) is 5.88 Å². The summed E-state index contributed by atoms with van der Waals surface area (Å²) in [5.41, 5.74) is 0.233. The number of anilines is 1. The van der Waals surface area contributed by atoms with Crippen LogP contribution in [0.15, 0.2) is 30.5 Å². The van der Waals surface area contributed by atoms with Crippen molar-refractivity contribution < 1.29 is 23.0 Å². The Morgan fingerprint density at radius 3 is 2.74 bits per heavy atom. The molecule has 1 aliphatic rings. The quantitative estimate of drug-likeness (QED) is 0.630. The molecule has 0 atom stereocenters. The topological polar surface area (TPSA) is 91.2 Å². The van der Waals surface area contributed by atoms with Gasteiger partial charge in [0.05, 0.1) is 12.1 Å². The van der Waals surface area contributed by atoms with E-state index in [1.165, 1.54) is 18.2 Å². The fraction of sp³-hybridized carbons (Fsp3) is 0.429. The molecule has 1 amide bonds. The molecule has 164 valence electrons. The molecule has 0 saturated carbocycles. The van der Waals surface area contributed by atoms with Crippen molar-refractivity contribution >= 4 is 22.8 Å². The molecular weight excluding hydrogens is 408 g/mol. The van der Waals surface area contributed by atoms with Crippen LogP contribution in [-0.2, 0) is 4.74 Å². The van der Waals surface area contributed by atoms with Crippen molar-refractivity contribution in [1.29, 1.82) is 0 Å². The van der Waals surface area contributed by atoms with Crippen molar-refractivity contribution in [3.63, 3.8) is 0 Å². The van der Waals surface area contributed by atoms with E-state index in [4.69, 9.17) is 9.47 Å². The van der Waals surface area contributed by atoms with Crippen LogP contribution in [0.5, 0.6) is 5.88 Å². The Labute approximate surface area is 177 Å². The van der Waals surface area contributed by atoms with Gasteiger partial charge in [-0.3, -0.25) is 9.48 Å². The summed E-state index contributed by atoms with van der Waals surface area (Å²) in [6.45, 7) is 4.99. The maximum absolute atomic E-state index is 12.9. The Morgan fingerprint density at radius 1 is 1.26 bits per heavy atom. The average molecular weight is 431 g/mol. The van der Waals surface area contributed by atoms with Gasteiger partial charge in [-0.1, -0.05) is 6.07 Å². The Hall–Kier alpha value is -3.14. The predicted octanol–water partition coefficient (Wildman–Crippen LogP) is 4.15. The molecule has 1 aliphatic heterocycles. The molecule has 10 heteroatoms. The number of rotatable bonds is 6. The highest BCUT2D eigenvalue weighted by molar-refractivity contribution is 6.07. The molecule has 0 aliphatic carbocycles. The molecule has 1 saturated heterocycles. The van der Waals surface area contributed by atoms with Gasteiger partial charge in [0, 0.05) is 24.8 Å². The summed E-state index contributed by atoms with van der Waals surface area (Å²) >= 11 is 0. The zero-order valence-corrected chi connectivity index (χ0v) is 17.2. The largest absolute Gasteiger partial charge is 0.474 e. The minimum Gasteiger partial charge on any atom is -0.474 e. The van der Waals surface area contributed by atoms with E-state index in [1.807, 2.05) is 24.7 Å². The van der Waals surface area contributed by atoms with Crippen LogP contribution in [0.3, 0.4) is 0 Å². The van der Waals surface area contributed by atoms with Crippen LogP contribution in [0.1, 0.15) is 55.2 Å². The molecule has 4 heterocycles. The van der Waals surface area contributed by atoms with E-state index in [0.29, 0.717) is 24.2 Å². The van der Waals surface area contributed by atoms with Gasteiger partial charge in [-0.2, -0.15) is 10.1 Å². The molecule has 4 rings (SSSR count). The fourth-order valence-electron chi connectivity index (χ4n) is 3.40. The molecule has 0 unspecified atom stereocenters. The minimum atomic E-state index is -2.73. The van der Waals surface area contributed by atoms with E-state index < -0.39 is 18.0 Å².